The van der Waals surface area contributed by atoms with Crippen molar-refractivity contribution in [3.8, 4) is 5.75 Å². The van der Waals surface area contributed by atoms with Gasteiger partial charge in [0, 0.05) is 25.3 Å². The minimum absolute atomic E-state index is 0.0475. The lowest BCUT2D eigenvalue weighted by Gasteiger charge is -2.25. The van der Waals surface area contributed by atoms with Gasteiger partial charge in [-0.25, -0.2) is 0 Å². The summed E-state index contributed by atoms with van der Waals surface area (Å²) in [5.74, 6) is 0.441. The Morgan fingerprint density at radius 1 is 1.22 bits per heavy atom. The molecular formula is C19H30O4. The molecule has 0 aromatic heterocycles. The van der Waals surface area contributed by atoms with Crippen molar-refractivity contribution in [2.75, 3.05) is 14.2 Å². The molecule has 0 fully saturated rings. The van der Waals surface area contributed by atoms with E-state index in [1.54, 1.807) is 6.07 Å². The standard InChI is InChI=1S/C19H30O4/c1-8-12(2)14-9-13(16(20)11-17(22-6)23-7)10-15(18(14)21)19(3,4)5/h9-10,12,17,21H,8,11H2,1-7H3. The molecule has 0 spiro atoms. The van der Waals surface area contributed by atoms with E-state index in [9.17, 15) is 9.90 Å². The molecule has 0 bridgehead atoms. The first kappa shape index (κ1) is 19.7. The Morgan fingerprint density at radius 3 is 2.22 bits per heavy atom. The highest BCUT2D eigenvalue weighted by Gasteiger charge is 2.25. The predicted molar refractivity (Wildman–Crippen MR) is 92.3 cm³/mol. The molecule has 1 atom stereocenters. The molecule has 1 aromatic rings. The number of ether oxygens (including phenoxy) is 2. The number of hydrogen-bond acceptors (Lipinski definition) is 4. The third-order valence-corrected chi connectivity index (χ3v) is 4.29. The van der Waals surface area contributed by atoms with E-state index in [4.69, 9.17) is 9.47 Å². The maximum atomic E-state index is 12.6. The van der Waals surface area contributed by atoms with Crippen molar-refractivity contribution in [1.29, 1.82) is 0 Å². The molecule has 23 heavy (non-hydrogen) atoms. The number of phenols is 1. The summed E-state index contributed by atoms with van der Waals surface area (Å²) < 4.78 is 10.2. The third kappa shape index (κ3) is 4.79. The fourth-order valence-electron chi connectivity index (χ4n) is 2.52. The largest absolute Gasteiger partial charge is 0.507 e. The van der Waals surface area contributed by atoms with Crippen molar-refractivity contribution in [1.82, 2.24) is 0 Å². The lowest BCUT2D eigenvalue weighted by molar-refractivity contribution is -0.0993. The monoisotopic (exact) mass is 322 g/mol. The van der Waals surface area contributed by atoms with Crippen LogP contribution in [-0.2, 0) is 14.9 Å². The average molecular weight is 322 g/mol. The molecule has 0 radical (unpaired) electrons. The van der Waals surface area contributed by atoms with Gasteiger partial charge in [0.05, 0.1) is 6.42 Å². The zero-order valence-corrected chi connectivity index (χ0v) is 15.4. The van der Waals surface area contributed by atoms with Crippen LogP contribution in [0.15, 0.2) is 12.1 Å². The smallest absolute Gasteiger partial charge is 0.167 e. The van der Waals surface area contributed by atoms with Crippen molar-refractivity contribution in [2.45, 2.75) is 65.1 Å². The lowest BCUT2D eigenvalue weighted by Crippen LogP contribution is -2.19. The van der Waals surface area contributed by atoms with Gasteiger partial charge in [0.2, 0.25) is 0 Å². The van der Waals surface area contributed by atoms with Gasteiger partial charge in [0.1, 0.15) is 5.75 Å². The van der Waals surface area contributed by atoms with Crippen LogP contribution in [0.1, 0.15) is 74.9 Å². The number of rotatable bonds is 7. The molecule has 0 amide bonds. The summed E-state index contributed by atoms with van der Waals surface area (Å²) in [5.41, 5.74) is 1.98. The molecule has 0 aliphatic rings. The van der Waals surface area contributed by atoms with Crippen LogP contribution in [0.25, 0.3) is 0 Å². The zero-order valence-electron chi connectivity index (χ0n) is 15.4. The Labute approximate surface area is 139 Å². The summed E-state index contributed by atoms with van der Waals surface area (Å²) in [5, 5.41) is 10.6. The molecule has 1 unspecified atom stereocenters. The highest BCUT2D eigenvalue weighted by Crippen LogP contribution is 2.38. The predicted octanol–water partition coefficient (Wildman–Crippen LogP) is 4.39. The first-order valence-corrected chi connectivity index (χ1v) is 8.11. The van der Waals surface area contributed by atoms with Crippen LogP contribution in [0.4, 0.5) is 0 Å². The molecule has 130 valence electrons. The Balaban J connectivity index is 3.35. The van der Waals surface area contributed by atoms with Gasteiger partial charge in [-0.2, -0.15) is 0 Å². The van der Waals surface area contributed by atoms with Gasteiger partial charge >= 0.3 is 0 Å². The van der Waals surface area contributed by atoms with E-state index in [0.29, 0.717) is 11.3 Å². The number of hydrogen-bond donors (Lipinski definition) is 1. The average Bonchev–Trinajstić information content (AvgIpc) is 2.50. The number of benzene rings is 1. The molecule has 0 saturated carbocycles. The van der Waals surface area contributed by atoms with Crippen LogP contribution in [0.5, 0.6) is 5.75 Å². The number of carbonyl (C=O) groups excluding carboxylic acids is 1. The molecule has 0 aliphatic carbocycles. The molecular weight excluding hydrogens is 292 g/mol. The molecule has 1 N–H and O–H groups in total. The van der Waals surface area contributed by atoms with Gasteiger partial charge in [0.25, 0.3) is 0 Å². The maximum absolute atomic E-state index is 12.6. The van der Waals surface area contributed by atoms with Crippen LogP contribution >= 0.6 is 0 Å². The summed E-state index contributed by atoms with van der Waals surface area (Å²) in [6, 6.07) is 3.61. The van der Waals surface area contributed by atoms with E-state index in [1.807, 2.05) is 26.8 Å². The van der Waals surface area contributed by atoms with Gasteiger partial charge in [-0.05, 0) is 35.4 Å². The van der Waals surface area contributed by atoms with E-state index in [1.165, 1.54) is 14.2 Å². The highest BCUT2D eigenvalue weighted by molar-refractivity contribution is 5.97. The minimum atomic E-state index is -0.554. The second kappa shape index (κ2) is 7.93. The topological polar surface area (TPSA) is 55.8 Å². The number of phenolic OH excluding ortho intramolecular Hbond substituents is 1. The van der Waals surface area contributed by atoms with Gasteiger partial charge in [-0.3, -0.25) is 4.79 Å². The molecule has 4 nitrogen and oxygen atoms in total. The van der Waals surface area contributed by atoms with Crippen molar-refractivity contribution in [3.63, 3.8) is 0 Å². The fraction of sp³-hybridized carbons (Fsp3) is 0.632. The van der Waals surface area contributed by atoms with Crippen LogP contribution < -0.4 is 0 Å². The first-order valence-electron chi connectivity index (χ1n) is 8.11. The van der Waals surface area contributed by atoms with Crippen molar-refractivity contribution < 1.29 is 19.4 Å². The molecule has 4 heteroatoms. The summed E-state index contributed by atoms with van der Waals surface area (Å²) >= 11 is 0. The van der Waals surface area contributed by atoms with Crippen LogP contribution in [0.3, 0.4) is 0 Å². The molecule has 0 aliphatic heterocycles. The summed E-state index contributed by atoms with van der Waals surface area (Å²) in [6.07, 6.45) is 0.496. The number of Topliss-reactive ketones (excluding diaryl/α,β-unsaturated/α-hetero) is 1. The van der Waals surface area contributed by atoms with Gasteiger partial charge in [-0.1, -0.05) is 34.6 Å². The Morgan fingerprint density at radius 2 is 1.78 bits per heavy atom. The second-order valence-corrected chi connectivity index (χ2v) is 7.05. The minimum Gasteiger partial charge on any atom is -0.507 e. The van der Waals surface area contributed by atoms with E-state index in [2.05, 4.69) is 13.8 Å². The second-order valence-electron chi connectivity index (χ2n) is 7.05. The highest BCUT2D eigenvalue weighted by atomic mass is 16.7. The summed E-state index contributed by atoms with van der Waals surface area (Å²) in [6.45, 7) is 10.2. The first-order chi connectivity index (χ1) is 10.6. The zero-order chi connectivity index (χ0) is 17.8. The van der Waals surface area contributed by atoms with Crippen LogP contribution in [0, 0.1) is 0 Å². The maximum Gasteiger partial charge on any atom is 0.167 e. The van der Waals surface area contributed by atoms with Crippen molar-refractivity contribution in [2.24, 2.45) is 0 Å². The molecule has 0 saturated heterocycles. The Kier molecular flexibility index (Phi) is 6.78. The van der Waals surface area contributed by atoms with E-state index in [-0.39, 0.29) is 23.5 Å². The lowest BCUT2D eigenvalue weighted by atomic mass is 9.81. The normalized spacial score (nSPS) is 13.4. The fourth-order valence-corrected chi connectivity index (χ4v) is 2.52. The molecule has 0 heterocycles. The van der Waals surface area contributed by atoms with Crippen molar-refractivity contribution in [3.05, 3.63) is 28.8 Å². The van der Waals surface area contributed by atoms with Gasteiger partial charge in [0.15, 0.2) is 12.1 Å². The number of carbonyl (C=O) groups is 1. The number of ketones is 1. The SMILES string of the molecule is CCC(C)c1cc(C(=O)CC(OC)OC)cc(C(C)(C)C)c1O. The van der Waals surface area contributed by atoms with E-state index in [0.717, 1.165) is 17.5 Å². The van der Waals surface area contributed by atoms with Gasteiger partial charge in [-0.15, -0.1) is 0 Å². The van der Waals surface area contributed by atoms with E-state index >= 15 is 0 Å². The van der Waals surface area contributed by atoms with E-state index < -0.39 is 6.29 Å². The number of methoxy groups -OCH3 is 2. The third-order valence-electron chi connectivity index (χ3n) is 4.29. The summed E-state index contributed by atoms with van der Waals surface area (Å²) in [4.78, 5) is 12.6. The van der Waals surface area contributed by atoms with Crippen LogP contribution in [0.2, 0.25) is 0 Å². The molecule has 1 aromatic carbocycles. The Hall–Kier alpha value is -1.39. The Bertz CT molecular complexity index is 539. The number of aromatic hydroxyl groups is 1. The quantitative estimate of drug-likeness (QED) is 0.597. The van der Waals surface area contributed by atoms with Gasteiger partial charge < -0.3 is 14.6 Å². The molecule has 1 rings (SSSR count). The summed E-state index contributed by atoms with van der Waals surface area (Å²) in [7, 11) is 3.03. The van der Waals surface area contributed by atoms with Crippen molar-refractivity contribution >= 4 is 5.78 Å². The van der Waals surface area contributed by atoms with Crippen LogP contribution in [-0.4, -0.2) is 31.4 Å².